The van der Waals surface area contributed by atoms with Gasteiger partial charge < -0.3 is 5.73 Å². The van der Waals surface area contributed by atoms with Gasteiger partial charge in [0, 0.05) is 27.6 Å². The largest absolute Gasteiger partial charge is 0.326 e. The summed E-state index contributed by atoms with van der Waals surface area (Å²) in [6, 6.07) is 4.82. The summed E-state index contributed by atoms with van der Waals surface area (Å²) in [5.74, 6) is 0. The van der Waals surface area contributed by atoms with E-state index in [2.05, 4.69) is 31.9 Å². The monoisotopic (exact) mass is 424 g/mol. The number of halogens is 2. The molecule has 0 aliphatic carbocycles. The van der Waals surface area contributed by atoms with E-state index in [4.69, 9.17) is 5.73 Å². The van der Waals surface area contributed by atoms with E-state index in [0.717, 1.165) is 23.7 Å². The van der Waals surface area contributed by atoms with Gasteiger partial charge >= 0.3 is 0 Å². The molecule has 1 aromatic rings. The molecule has 0 spiro atoms. The van der Waals surface area contributed by atoms with Gasteiger partial charge in [-0.3, -0.25) is 0 Å². The standard InChI is InChI=1S/C13H18Br2N2O2S/c1-9(16)12-4-2-3-7-17(12)20(18,19)13-6-5-10(14)8-11(13)15/h5-6,8-9,12H,2-4,7,16H2,1H3. The first-order valence-electron chi connectivity index (χ1n) is 6.56. The molecular weight excluding hydrogens is 408 g/mol. The van der Waals surface area contributed by atoms with Gasteiger partial charge in [-0.15, -0.1) is 0 Å². The van der Waals surface area contributed by atoms with Crippen molar-refractivity contribution in [3.63, 3.8) is 0 Å². The highest BCUT2D eigenvalue weighted by Crippen LogP contribution is 2.32. The van der Waals surface area contributed by atoms with E-state index >= 15 is 0 Å². The quantitative estimate of drug-likeness (QED) is 0.809. The average molecular weight is 426 g/mol. The van der Waals surface area contributed by atoms with Crippen molar-refractivity contribution in [2.75, 3.05) is 6.54 Å². The first-order chi connectivity index (χ1) is 9.34. The molecular formula is C13H18Br2N2O2S. The lowest BCUT2D eigenvalue weighted by Gasteiger charge is -2.37. The highest BCUT2D eigenvalue weighted by atomic mass is 79.9. The van der Waals surface area contributed by atoms with Gasteiger partial charge in [-0.1, -0.05) is 22.4 Å². The van der Waals surface area contributed by atoms with Crippen molar-refractivity contribution >= 4 is 41.9 Å². The Bertz CT molecular complexity index is 590. The summed E-state index contributed by atoms with van der Waals surface area (Å²) in [6.07, 6.45) is 2.74. The van der Waals surface area contributed by atoms with Gasteiger partial charge in [0.15, 0.2) is 0 Å². The van der Waals surface area contributed by atoms with Gasteiger partial charge in [-0.25, -0.2) is 8.42 Å². The summed E-state index contributed by atoms with van der Waals surface area (Å²) >= 11 is 6.68. The van der Waals surface area contributed by atoms with Crippen LogP contribution in [-0.2, 0) is 10.0 Å². The van der Waals surface area contributed by atoms with Crippen molar-refractivity contribution in [1.82, 2.24) is 4.31 Å². The van der Waals surface area contributed by atoms with Crippen molar-refractivity contribution in [2.24, 2.45) is 5.73 Å². The predicted molar refractivity (Wildman–Crippen MR) is 87.0 cm³/mol. The summed E-state index contributed by atoms with van der Waals surface area (Å²) in [6.45, 7) is 2.41. The van der Waals surface area contributed by atoms with Gasteiger partial charge in [0.2, 0.25) is 10.0 Å². The number of sulfonamides is 1. The molecule has 0 amide bonds. The maximum atomic E-state index is 12.9. The molecule has 0 aromatic heterocycles. The van der Waals surface area contributed by atoms with Crippen molar-refractivity contribution < 1.29 is 8.42 Å². The maximum absolute atomic E-state index is 12.9. The zero-order chi connectivity index (χ0) is 14.9. The summed E-state index contributed by atoms with van der Waals surface area (Å²) < 4.78 is 28.7. The second-order valence-electron chi connectivity index (χ2n) is 5.11. The van der Waals surface area contributed by atoms with Crippen LogP contribution in [0.2, 0.25) is 0 Å². The molecule has 4 nitrogen and oxygen atoms in total. The summed E-state index contributed by atoms with van der Waals surface area (Å²) in [4.78, 5) is 0.299. The zero-order valence-corrected chi connectivity index (χ0v) is 15.2. The maximum Gasteiger partial charge on any atom is 0.244 e. The lowest BCUT2D eigenvalue weighted by atomic mass is 10.00. The Labute approximate surface area is 137 Å². The Morgan fingerprint density at radius 2 is 2.05 bits per heavy atom. The number of hydrogen-bond acceptors (Lipinski definition) is 3. The minimum absolute atomic E-state index is 0.121. The Morgan fingerprint density at radius 3 is 2.65 bits per heavy atom. The molecule has 1 saturated heterocycles. The Hall–Kier alpha value is 0.0500. The molecule has 2 N–H and O–H groups in total. The SMILES string of the molecule is CC(N)C1CCCCN1S(=O)(=O)c1ccc(Br)cc1Br. The van der Waals surface area contributed by atoms with Crippen LogP contribution in [0.5, 0.6) is 0 Å². The minimum Gasteiger partial charge on any atom is -0.326 e. The van der Waals surface area contributed by atoms with Crippen LogP contribution in [0, 0.1) is 0 Å². The predicted octanol–water partition coefficient (Wildman–Crippen LogP) is 3.10. The lowest BCUT2D eigenvalue weighted by molar-refractivity contribution is 0.227. The lowest BCUT2D eigenvalue weighted by Crippen LogP contribution is -2.51. The smallest absolute Gasteiger partial charge is 0.244 e. The third-order valence-corrected chi connectivity index (χ3v) is 6.98. The third-order valence-electron chi connectivity index (χ3n) is 3.59. The van der Waals surface area contributed by atoms with Crippen molar-refractivity contribution in [2.45, 2.75) is 43.2 Å². The minimum atomic E-state index is -3.52. The van der Waals surface area contributed by atoms with Crippen LogP contribution < -0.4 is 5.73 Å². The summed E-state index contributed by atoms with van der Waals surface area (Å²) in [5, 5.41) is 0. The summed E-state index contributed by atoms with van der Waals surface area (Å²) in [5.41, 5.74) is 5.97. The van der Waals surface area contributed by atoms with Crippen LogP contribution in [-0.4, -0.2) is 31.4 Å². The van der Waals surface area contributed by atoms with E-state index in [1.54, 1.807) is 22.5 Å². The fraction of sp³-hybridized carbons (Fsp3) is 0.538. The molecule has 7 heteroatoms. The van der Waals surface area contributed by atoms with E-state index in [0.29, 0.717) is 15.9 Å². The fourth-order valence-electron chi connectivity index (χ4n) is 2.57. The number of nitrogens with two attached hydrogens (primary N) is 1. The van der Waals surface area contributed by atoms with Gasteiger partial charge in [0.1, 0.15) is 0 Å². The Balaban J connectivity index is 2.42. The van der Waals surface area contributed by atoms with E-state index in [9.17, 15) is 8.42 Å². The Morgan fingerprint density at radius 1 is 1.35 bits per heavy atom. The molecule has 1 fully saturated rings. The molecule has 112 valence electrons. The molecule has 1 aliphatic rings. The third kappa shape index (κ3) is 3.27. The first kappa shape index (κ1) is 16.4. The number of hydrogen-bond donors (Lipinski definition) is 1. The topological polar surface area (TPSA) is 63.4 Å². The molecule has 1 heterocycles. The molecule has 0 bridgehead atoms. The number of rotatable bonds is 3. The number of nitrogens with zero attached hydrogens (tertiary/aromatic N) is 1. The van der Waals surface area contributed by atoms with Crippen LogP contribution in [0.1, 0.15) is 26.2 Å². The van der Waals surface area contributed by atoms with E-state index in [1.165, 1.54) is 0 Å². The van der Waals surface area contributed by atoms with Gasteiger partial charge in [0.25, 0.3) is 0 Å². The molecule has 20 heavy (non-hydrogen) atoms. The molecule has 0 saturated carbocycles. The fourth-order valence-corrected chi connectivity index (χ4v) is 6.05. The molecule has 1 aliphatic heterocycles. The average Bonchev–Trinajstić information content (AvgIpc) is 2.38. The summed E-state index contributed by atoms with van der Waals surface area (Å²) in [7, 11) is -3.52. The molecule has 2 rings (SSSR count). The van der Waals surface area contributed by atoms with Crippen LogP contribution in [0.15, 0.2) is 32.0 Å². The highest BCUT2D eigenvalue weighted by Gasteiger charge is 2.36. The molecule has 0 radical (unpaired) electrons. The molecule has 1 aromatic carbocycles. The second-order valence-corrected chi connectivity index (χ2v) is 8.74. The molecule has 2 unspecified atom stereocenters. The number of benzene rings is 1. The van der Waals surface area contributed by atoms with Crippen molar-refractivity contribution in [3.05, 3.63) is 27.1 Å². The van der Waals surface area contributed by atoms with Crippen molar-refractivity contribution in [1.29, 1.82) is 0 Å². The van der Waals surface area contributed by atoms with Crippen LogP contribution >= 0.6 is 31.9 Å². The van der Waals surface area contributed by atoms with Crippen LogP contribution in [0.4, 0.5) is 0 Å². The number of piperidine rings is 1. The van der Waals surface area contributed by atoms with Gasteiger partial charge in [0.05, 0.1) is 4.90 Å². The second kappa shape index (κ2) is 6.44. The van der Waals surface area contributed by atoms with Crippen LogP contribution in [0.3, 0.4) is 0 Å². The van der Waals surface area contributed by atoms with E-state index in [-0.39, 0.29) is 12.1 Å². The van der Waals surface area contributed by atoms with E-state index < -0.39 is 10.0 Å². The molecule has 2 atom stereocenters. The van der Waals surface area contributed by atoms with Gasteiger partial charge in [-0.05, 0) is 53.9 Å². The van der Waals surface area contributed by atoms with E-state index in [1.807, 2.05) is 6.92 Å². The highest BCUT2D eigenvalue weighted by molar-refractivity contribution is 9.11. The van der Waals surface area contributed by atoms with Gasteiger partial charge in [-0.2, -0.15) is 4.31 Å². The first-order valence-corrected chi connectivity index (χ1v) is 9.59. The Kier molecular flexibility index (Phi) is 5.29. The zero-order valence-electron chi connectivity index (χ0n) is 11.2. The van der Waals surface area contributed by atoms with Crippen LogP contribution in [0.25, 0.3) is 0 Å². The van der Waals surface area contributed by atoms with Crippen molar-refractivity contribution in [3.8, 4) is 0 Å². The normalized spacial score (nSPS) is 22.7.